The zero-order valence-corrected chi connectivity index (χ0v) is 10.8. The lowest BCUT2D eigenvalue weighted by atomic mass is 10.2. The van der Waals surface area contributed by atoms with E-state index in [0.29, 0.717) is 6.10 Å². The molecule has 0 bridgehead atoms. The van der Waals surface area contributed by atoms with Crippen LogP contribution < -0.4 is 5.32 Å². The number of nitrogens with zero attached hydrogens (tertiary/aromatic N) is 1. The zero-order chi connectivity index (χ0) is 11.6. The van der Waals surface area contributed by atoms with Gasteiger partial charge in [0.25, 0.3) is 0 Å². The van der Waals surface area contributed by atoms with E-state index < -0.39 is 0 Å². The number of amidine groups is 1. The third-order valence-electron chi connectivity index (χ3n) is 2.73. The summed E-state index contributed by atoms with van der Waals surface area (Å²) in [6.07, 6.45) is 7.69. The molecule has 0 aromatic carbocycles. The van der Waals surface area contributed by atoms with E-state index in [2.05, 4.69) is 24.2 Å². The van der Waals surface area contributed by atoms with Crippen molar-refractivity contribution in [1.29, 1.82) is 0 Å². The van der Waals surface area contributed by atoms with Gasteiger partial charge in [0.05, 0.1) is 11.9 Å². The number of hydrogen-bond acceptors (Lipinski definition) is 3. The molecule has 1 aliphatic rings. The molecule has 0 atom stereocenters. The van der Waals surface area contributed by atoms with Gasteiger partial charge in [-0.15, -0.1) is 0 Å². The van der Waals surface area contributed by atoms with E-state index in [1.165, 1.54) is 31.5 Å². The summed E-state index contributed by atoms with van der Waals surface area (Å²) in [4.78, 5) is 4.54. The molecular formula is C13H26N2O. The van der Waals surface area contributed by atoms with Crippen molar-refractivity contribution in [2.45, 2.75) is 58.5 Å². The predicted molar refractivity (Wildman–Crippen MR) is 69.1 cm³/mol. The molecule has 0 aromatic rings. The Morgan fingerprint density at radius 1 is 1.25 bits per heavy atom. The quantitative estimate of drug-likeness (QED) is 0.707. The lowest BCUT2D eigenvalue weighted by Gasteiger charge is -2.09. The molecule has 1 rings (SSSR count). The van der Waals surface area contributed by atoms with Gasteiger partial charge >= 0.3 is 0 Å². The van der Waals surface area contributed by atoms with Crippen LogP contribution in [-0.2, 0) is 4.74 Å². The van der Waals surface area contributed by atoms with Gasteiger partial charge in [0.2, 0.25) is 0 Å². The smallest absolute Gasteiger partial charge is 0.0963 e. The highest BCUT2D eigenvalue weighted by Gasteiger charge is 2.02. The third-order valence-corrected chi connectivity index (χ3v) is 2.73. The Kier molecular flexibility index (Phi) is 7.23. The minimum atomic E-state index is 0.360. The molecule has 1 N–H and O–H groups in total. The summed E-state index contributed by atoms with van der Waals surface area (Å²) in [5, 5.41) is 3.44. The molecule has 1 heterocycles. The van der Waals surface area contributed by atoms with E-state index in [0.717, 1.165) is 32.5 Å². The first-order chi connectivity index (χ1) is 7.79. The van der Waals surface area contributed by atoms with E-state index in [9.17, 15) is 0 Å². The maximum Gasteiger partial charge on any atom is 0.0963 e. The normalized spacial score (nSPS) is 17.1. The van der Waals surface area contributed by atoms with Crippen LogP contribution in [0, 0.1) is 0 Å². The minimum absolute atomic E-state index is 0.360. The van der Waals surface area contributed by atoms with Gasteiger partial charge in [-0.1, -0.05) is 6.42 Å². The fourth-order valence-electron chi connectivity index (χ4n) is 1.80. The Bertz CT molecular complexity index is 202. The fourth-order valence-corrected chi connectivity index (χ4v) is 1.80. The van der Waals surface area contributed by atoms with Crippen molar-refractivity contribution in [2.75, 3.05) is 19.7 Å². The second-order valence-electron chi connectivity index (χ2n) is 4.69. The molecule has 0 fully saturated rings. The first-order valence-electron chi connectivity index (χ1n) is 6.68. The van der Waals surface area contributed by atoms with E-state index in [4.69, 9.17) is 4.74 Å². The predicted octanol–water partition coefficient (Wildman–Crippen LogP) is 2.75. The zero-order valence-electron chi connectivity index (χ0n) is 10.8. The van der Waals surface area contributed by atoms with E-state index in [1.807, 2.05) is 0 Å². The van der Waals surface area contributed by atoms with Gasteiger partial charge in [0.15, 0.2) is 0 Å². The molecule has 3 nitrogen and oxygen atoms in total. The molecule has 0 saturated heterocycles. The highest BCUT2D eigenvalue weighted by atomic mass is 16.5. The van der Waals surface area contributed by atoms with Crippen molar-refractivity contribution in [2.24, 2.45) is 4.99 Å². The van der Waals surface area contributed by atoms with Crippen molar-refractivity contribution in [3.05, 3.63) is 0 Å². The lowest BCUT2D eigenvalue weighted by Crippen LogP contribution is -2.24. The largest absolute Gasteiger partial charge is 0.379 e. The average molecular weight is 226 g/mol. The molecule has 94 valence electrons. The summed E-state index contributed by atoms with van der Waals surface area (Å²) in [7, 11) is 0. The number of unbranched alkanes of at least 4 members (excludes halogenated alkanes) is 1. The molecule has 1 aliphatic heterocycles. The first kappa shape index (κ1) is 13.5. The molecule has 0 aliphatic carbocycles. The van der Waals surface area contributed by atoms with Crippen LogP contribution in [0.4, 0.5) is 0 Å². The first-order valence-corrected chi connectivity index (χ1v) is 6.68. The van der Waals surface area contributed by atoms with Crippen molar-refractivity contribution in [1.82, 2.24) is 5.32 Å². The molecule has 16 heavy (non-hydrogen) atoms. The Morgan fingerprint density at radius 2 is 2.12 bits per heavy atom. The summed E-state index contributed by atoms with van der Waals surface area (Å²) >= 11 is 0. The van der Waals surface area contributed by atoms with E-state index in [1.54, 1.807) is 0 Å². The highest BCUT2D eigenvalue weighted by molar-refractivity contribution is 5.82. The lowest BCUT2D eigenvalue weighted by molar-refractivity contribution is 0.0762. The highest BCUT2D eigenvalue weighted by Crippen LogP contribution is 2.06. The molecule has 0 spiro atoms. The van der Waals surface area contributed by atoms with Crippen LogP contribution in [-0.4, -0.2) is 31.6 Å². The Morgan fingerprint density at radius 3 is 2.94 bits per heavy atom. The summed E-state index contributed by atoms with van der Waals surface area (Å²) in [6, 6.07) is 0. The Hall–Kier alpha value is -0.570. The van der Waals surface area contributed by atoms with Crippen LogP contribution in [0.2, 0.25) is 0 Å². The van der Waals surface area contributed by atoms with Crippen LogP contribution in [0.1, 0.15) is 52.4 Å². The van der Waals surface area contributed by atoms with Crippen molar-refractivity contribution in [3.8, 4) is 0 Å². The summed E-state index contributed by atoms with van der Waals surface area (Å²) in [6.45, 7) is 7.10. The number of rotatable bonds is 6. The van der Waals surface area contributed by atoms with Gasteiger partial charge in [0.1, 0.15) is 0 Å². The number of aliphatic imine (C=N–C) groups is 1. The summed E-state index contributed by atoms with van der Waals surface area (Å²) < 4.78 is 5.50. The number of nitrogens with one attached hydrogen (secondary N) is 1. The van der Waals surface area contributed by atoms with Gasteiger partial charge in [-0.25, -0.2) is 0 Å². The number of hydrogen-bond donors (Lipinski definition) is 1. The molecule has 0 saturated carbocycles. The van der Waals surface area contributed by atoms with Crippen LogP contribution in [0.15, 0.2) is 4.99 Å². The molecule has 0 radical (unpaired) electrons. The van der Waals surface area contributed by atoms with Crippen molar-refractivity contribution < 1.29 is 4.74 Å². The fraction of sp³-hybridized carbons (Fsp3) is 0.923. The van der Waals surface area contributed by atoms with E-state index >= 15 is 0 Å². The Labute approximate surface area is 99.7 Å². The number of ether oxygens (including phenoxy) is 1. The van der Waals surface area contributed by atoms with Crippen LogP contribution >= 0.6 is 0 Å². The monoisotopic (exact) mass is 226 g/mol. The SMILES string of the molecule is CC(C)OCCCCNC1=NCCCCC1. The van der Waals surface area contributed by atoms with Gasteiger partial charge in [-0.2, -0.15) is 0 Å². The van der Waals surface area contributed by atoms with E-state index in [-0.39, 0.29) is 0 Å². The second kappa shape index (κ2) is 8.57. The van der Waals surface area contributed by atoms with Gasteiger partial charge in [-0.05, 0) is 39.5 Å². The van der Waals surface area contributed by atoms with Gasteiger partial charge in [-0.3, -0.25) is 4.99 Å². The standard InChI is InChI=1S/C13H26N2O/c1-12(2)16-11-7-6-10-15-13-8-4-3-5-9-14-13/h12H,3-11H2,1-2H3,(H,14,15). The topological polar surface area (TPSA) is 33.6 Å². The van der Waals surface area contributed by atoms with Crippen molar-refractivity contribution in [3.63, 3.8) is 0 Å². The molecule has 0 aromatic heterocycles. The van der Waals surface area contributed by atoms with Crippen LogP contribution in [0.25, 0.3) is 0 Å². The van der Waals surface area contributed by atoms with Crippen molar-refractivity contribution >= 4 is 5.84 Å². The molecule has 0 unspecified atom stereocenters. The average Bonchev–Trinajstić information content (AvgIpc) is 2.51. The summed E-state index contributed by atoms with van der Waals surface area (Å²) in [5.74, 6) is 1.22. The molecule has 0 amide bonds. The van der Waals surface area contributed by atoms with Gasteiger partial charge < -0.3 is 10.1 Å². The van der Waals surface area contributed by atoms with Crippen LogP contribution in [0.3, 0.4) is 0 Å². The minimum Gasteiger partial charge on any atom is -0.379 e. The van der Waals surface area contributed by atoms with Gasteiger partial charge in [0, 0.05) is 26.1 Å². The maximum atomic E-state index is 5.50. The third kappa shape index (κ3) is 6.83. The maximum absolute atomic E-state index is 5.50. The summed E-state index contributed by atoms with van der Waals surface area (Å²) in [5.41, 5.74) is 0. The Balaban J connectivity index is 1.95. The molecule has 3 heteroatoms. The molecular weight excluding hydrogens is 200 g/mol. The van der Waals surface area contributed by atoms with Crippen LogP contribution in [0.5, 0.6) is 0 Å². The second-order valence-corrected chi connectivity index (χ2v) is 4.69.